The van der Waals surface area contributed by atoms with Gasteiger partial charge in [0.15, 0.2) is 0 Å². The van der Waals surface area contributed by atoms with E-state index in [9.17, 15) is 0 Å². The zero-order valence-electron chi connectivity index (χ0n) is 18.5. The highest BCUT2D eigenvalue weighted by Gasteiger charge is 2.38. The molecule has 0 saturated heterocycles. The van der Waals surface area contributed by atoms with Crippen LogP contribution >= 0.6 is 0 Å². The number of rotatable bonds is 8. The van der Waals surface area contributed by atoms with E-state index >= 15 is 0 Å². The summed E-state index contributed by atoms with van der Waals surface area (Å²) in [6.07, 6.45) is 18.6. The van der Waals surface area contributed by atoms with Gasteiger partial charge in [0.2, 0.25) is 0 Å². The van der Waals surface area contributed by atoms with Crippen molar-refractivity contribution in [1.29, 1.82) is 5.26 Å². The van der Waals surface area contributed by atoms with Gasteiger partial charge in [0, 0.05) is 13.2 Å². The summed E-state index contributed by atoms with van der Waals surface area (Å²) in [5, 5.41) is 8.66. The fourth-order valence-corrected chi connectivity index (χ4v) is 5.85. The number of nitriles is 1. The first-order valence-electron chi connectivity index (χ1n) is 11.9. The van der Waals surface area contributed by atoms with Crippen molar-refractivity contribution < 1.29 is 4.74 Å². The molecule has 2 aliphatic carbocycles. The average molecular weight is 394 g/mol. The Balaban J connectivity index is 1.45. The van der Waals surface area contributed by atoms with E-state index in [1.54, 1.807) is 11.6 Å². The Kier molecular flexibility index (Phi) is 8.37. The summed E-state index contributed by atoms with van der Waals surface area (Å²) in [5.74, 6) is 2.58. The molecule has 1 aromatic carbocycles. The smallest absolute Gasteiger partial charge is 0.0908 e. The summed E-state index contributed by atoms with van der Waals surface area (Å²) in [4.78, 5) is 0. The summed E-state index contributed by atoms with van der Waals surface area (Å²) in [6.45, 7) is 2.25. The van der Waals surface area contributed by atoms with Crippen molar-refractivity contribution in [3.05, 3.63) is 47.5 Å². The first-order valence-corrected chi connectivity index (χ1v) is 11.9. The van der Waals surface area contributed by atoms with Gasteiger partial charge in [-0.25, -0.2) is 0 Å². The highest BCUT2D eigenvalue weighted by Crippen LogP contribution is 2.46. The number of hydrogen-bond acceptors (Lipinski definition) is 2. The first-order chi connectivity index (χ1) is 14.2. The molecular formula is C27H39NO. The van der Waals surface area contributed by atoms with Gasteiger partial charge in [0.05, 0.1) is 11.7 Å². The Hall–Kier alpha value is -1.59. The fourth-order valence-electron chi connectivity index (χ4n) is 5.85. The van der Waals surface area contributed by atoms with Crippen LogP contribution in [-0.4, -0.2) is 12.7 Å². The van der Waals surface area contributed by atoms with Crippen LogP contribution in [0.3, 0.4) is 0 Å². The fraction of sp³-hybridized carbons (Fsp3) is 0.667. The number of methoxy groups -OCH3 is 1. The first kappa shape index (κ1) is 22.1. The molecule has 158 valence electrons. The van der Waals surface area contributed by atoms with Gasteiger partial charge in [-0.2, -0.15) is 5.26 Å². The number of nitrogens with zero attached hydrogens (tertiary/aromatic N) is 1. The van der Waals surface area contributed by atoms with Crippen LogP contribution in [0.5, 0.6) is 0 Å². The van der Waals surface area contributed by atoms with Crippen LogP contribution in [-0.2, 0) is 11.2 Å². The third-order valence-electron chi connectivity index (χ3n) is 7.76. The maximum absolute atomic E-state index is 8.66. The van der Waals surface area contributed by atoms with Crippen LogP contribution in [0.2, 0.25) is 0 Å². The van der Waals surface area contributed by atoms with Gasteiger partial charge in [-0.3, -0.25) is 0 Å². The lowest BCUT2D eigenvalue weighted by Gasteiger charge is -2.43. The van der Waals surface area contributed by atoms with Gasteiger partial charge in [-0.15, -0.1) is 0 Å². The van der Waals surface area contributed by atoms with Crippen LogP contribution in [0.4, 0.5) is 0 Å². The van der Waals surface area contributed by atoms with E-state index in [0.29, 0.717) is 0 Å². The summed E-state index contributed by atoms with van der Waals surface area (Å²) in [7, 11) is 1.88. The SMILES string of the molecule is CCCc1ccc([C@H]2CC[C@H]([C@H]3CC[C@@](CCC=CC#N)(OC)CC3)CC2)cc1. The van der Waals surface area contributed by atoms with Crippen molar-refractivity contribution in [2.75, 3.05) is 7.11 Å². The van der Waals surface area contributed by atoms with Crippen LogP contribution < -0.4 is 0 Å². The minimum Gasteiger partial charge on any atom is -0.378 e. The van der Waals surface area contributed by atoms with E-state index in [0.717, 1.165) is 30.6 Å². The molecule has 0 amide bonds. The summed E-state index contributed by atoms with van der Waals surface area (Å²) >= 11 is 0. The normalized spacial score (nSPS) is 30.3. The highest BCUT2D eigenvalue weighted by molar-refractivity contribution is 5.26. The minimum absolute atomic E-state index is 0.0493. The molecule has 2 nitrogen and oxygen atoms in total. The molecule has 0 atom stereocenters. The van der Waals surface area contributed by atoms with Crippen LogP contribution in [0.25, 0.3) is 0 Å². The van der Waals surface area contributed by atoms with Crippen LogP contribution in [0.1, 0.15) is 94.6 Å². The molecule has 2 saturated carbocycles. The summed E-state index contributed by atoms with van der Waals surface area (Å²) in [6, 6.07) is 11.6. The largest absolute Gasteiger partial charge is 0.378 e. The molecule has 0 bridgehead atoms. The monoisotopic (exact) mass is 393 g/mol. The van der Waals surface area contributed by atoms with Crippen molar-refractivity contribution in [1.82, 2.24) is 0 Å². The van der Waals surface area contributed by atoms with E-state index in [1.807, 2.05) is 13.2 Å². The second kappa shape index (κ2) is 11.0. The van der Waals surface area contributed by atoms with Gasteiger partial charge in [0.1, 0.15) is 0 Å². The summed E-state index contributed by atoms with van der Waals surface area (Å²) < 4.78 is 5.98. The molecule has 0 unspecified atom stereocenters. The predicted molar refractivity (Wildman–Crippen MR) is 121 cm³/mol. The maximum Gasteiger partial charge on any atom is 0.0908 e. The summed E-state index contributed by atoms with van der Waals surface area (Å²) in [5.41, 5.74) is 3.10. The van der Waals surface area contributed by atoms with Crippen LogP contribution in [0, 0.1) is 23.2 Å². The molecule has 0 heterocycles. The van der Waals surface area contributed by atoms with E-state index in [4.69, 9.17) is 10.00 Å². The Morgan fingerprint density at radius 1 is 1.03 bits per heavy atom. The van der Waals surface area contributed by atoms with Crippen molar-refractivity contribution in [3.8, 4) is 6.07 Å². The zero-order valence-corrected chi connectivity index (χ0v) is 18.5. The quantitative estimate of drug-likeness (QED) is 0.433. The standard InChI is InChI=1S/C27H39NO/c1-3-7-22-8-10-23(11-9-22)24-12-14-25(15-13-24)26-16-19-27(29-2,20-17-26)18-5-4-6-21-28/h4,6,8-11,24-26H,3,5,7,12-20H2,1-2H3/t24-,25-,26-,27+. The Morgan fingerprint density at radius 3 is 2.28 bits per heavy atom. The minimum atomic E-state index is 0.0493. The molecule has 0 aliphatic heterocycles. The molecule has 3 rings (SSSR count). The Labute approximate surface area is 178 Å². The molecule has 1 aromatic rings. The molecule has 0 aromatic heterocycles. The number of aryl methyl sites for hydroxylation is 1. The van der Waals surface area contributed by atoms with E-state index in [2.05, 4.69) is 37.3 Å². The third kappa shape index (κ3) is 5.95. The third-order valence-corrected chi connectivity index (χ3v) is 7.76. The van der Waals surface area contributed by atoms with Gasteiger partial charge in [-0.05, 0) is 99.5 Å². The van der Waals surface area contributed by atoms with Crippen molar-refractivity contribution in [2.45, 2.75) is 95.5 Å². The molecule has 0 radical (unpaired) electrons. The lowest BCUT2D eigenvalue weighted by molar-refractivity contribution is -0.0614. The molecular weight excluding hydrogens is 354 g/mol. The second-order valence-electron chi connectivity index (χ2n) is 9.40. The van der Waals surface area contributed by atoms with Gasteiger partial charge < -0.3 is 4.74 Å². The molecule has 0 spiro atoms. The van der Waals surface area contributed by atoms with E-state index < -0.39 is 0 Å². The maximum atomic E-state index is 8.66. The van der Waals surface area contributed by atoms with Crippen molar-refractivity contribution in [3.63, 3.8) is 0 Å². The Morgan fingerprint density at radius 2 is 1.69 bits per heavy atom. The van der Waals surface area contributed by atoms with E-state index in [-0.39, 0.29) is 5.60 Å². The zero-order chi connectivity index (χ0) is 20.5. The van der Waals surface area contributed by atoms with Gasteiger partial charge >= 0.3 is 0 Å². The lowest BCUT2D eigenvalue weighted by atomic mass is 9.66. The highest BCUT2D eigenvalue weighted by atomic mass is 16.5. The molecule has 29 heavy (non-hydrogen) atoms. The van der Waals surface area contributed by atoms with Gasteiger partial charge in [0.25, 0.3) is 0 Å². The topological polar surface area (TPSA) is 33.0 Å². The van der Waals surface area contributed by atoms with Crippen molar-refractivity contribution >= 4 is 0 Å². The van der Waals surface area contributed by atoms with E-state index in [1.165, 1.54) is 69.8 Å². The molecule has 2 aliphatic rings. The number of ether oxygens (including phenoxy) is 1. The lowest BCUT2D eigenvalue weighted by Crippen LogP contribution is -2.38. The average Bonchev–Trinajstić information content (AvgIpc) is 2.78. The molecule has 2 fully saturated rings. The predicted octanol–water partition coefficient (Wildman–Crippen LogP) is 7.35. The Bertz CT molecular complexity index is 667. The van der Waals surface area contributed by atoms with Gasteiger partial charge in [-0.1, -0.05) is 43.7 Å². The van der Waals surface area contributed by atoms with Crippen LogP contribution in [0.15, 0.2) is 36.4 Å². The molecule has 2 heteroatoms. The number of benzene rings is 1. The number of hydrogen-bond donors (Lipinski definition) is 0. The second-order valence-corrected chi connectivity index (χ2v) is 9.40. The number of allylic oxidation sites excluding steroid dienone is 2. The van der Waals surface area contributed by atoms with Crippen molar-refractivity contribution in [2.24, 2.45) is 11.8 Å². The molecule has 0 N–H and O–H groups in total.